The van der Waals surface area contributed by atoms with Crippen molar-refractivity contribution in [2.24, 2.45) is 0 Å². The normalized spacial score (nSPS) is 10.0. The fraction of sp³-hybridized carbons (Fsp3) is 0.182. The molecule has 0 amide bonds. The summed E-state index contributed by atoms with van der Waals surface area (Å²) in [6.07, 6.45) is 2.42. The minimum Gasteiger partial charge on any atom is -0.481 e. The van der Waals surface area contributed by atoms with E-state index in [4.69, 9.17) is 9.47 Å². The zero-order valence-electron chi connectivity index (χ0n) is 9.45. The number of methoxy groups -OCH3 is 2. The van der Waals surface area contributed by atoms with Crippen molar-refractivity contribution in [3.05, 3.63) is 30.1 Å². The summed E-state index contributed by atoms with van der Waals surface area (Å²) < 4.78 is 11.6. The van der Waals surface area contributed by atoms with E-state index in [-0.39, 0.29) is 0 Å². The van der Waals surface area contributed by atoms with Crippen LogP contribution in [0, 0.1) is 0 Å². The van der Waals surface area contributed by atoms with Gasteiger partial charge in [-0.05, 0) is 12.1 Å². The van der Waals surface area contributed by atoms with Gasteiger partial charge in [0.1, 0.15) is 0 Å². The second-order valence-corrected chi connectivity index (χ2v) is 3.17. The Morgan fingerprint density at radius 2 is 1.88 bits per heavy atom. The van der Waals surface area contributed by atoms with E-state index in [1.54, 1.807) is 29.0 Å². The van der Waals surface area contributed by atoms with Gasteiger partial charge in [0.25, 0.3) is 0 Å². The maximum absolute atomic E-state index is 10.8. The summed E-state index contributed by atoms with van der Waals surface area (Å²) >= 11 is 0. The Hall–Kier alpha value is -2.37. The van der Waals surface area contributed by atoms with Gasteiger partial charge in [-0.15, -0.1) is 0 Å². The van der Waals surface area contributed by atoms with Crippen molar-refractivity contribution < 1.29 is 14.3 Å². The third-order valence-corrected chi connectivity index (χ3v) is 2.20. The standard InChI is InChI=1S/C11H11N3O3/c1-16-9-6-10(17-2)13-11(12-9)14-5-3-4-8(14)7-15/h3-7H,1-2H3. The lowest BCUT2D eigenvalue weighted by Gasteiger charge is -2.07. The Morgan fingerprint density at radius 3 is 2.41 bits per heavy atom. The summed E-state index contributed by atoms with van der Waals surface area (Å²) in [5.74, 6) is 1.07. The second kappa shape index (κ2) is 4.65. The van der Waals surface area contributed by atoms with E-state index < -0.39 is 0 Å². The quantitative estimate of drug-likeness (QED) is 0.740. The second-order valence-electron chi connectivity index (χ2n) is 3.17. The van der Waals surface area contributed by atoms with Gasteiger partial charge in [0.2, 0.25) is 17.7 Å². The number of nitrogens with zero attached hydrogens (tertiary/aromatic N) is 3. The summed E-state index contributed by atoms with van der Waals surface area (Å²) in [6.45, 7) is 0. The maximum atomic E-state index is 10.8. The lowest BCUT2D eigenvalue weighted by molar-refractivity contribution is 0.111. The lowest BCUT2D eigenvalue weighted by Crippen LogP contribution is -2.05. The summed E-state index contributed by atoms with van der Waals surface area (Å²) in [7, 11) is 3.00. The molecule has 88 valence electrons. The Bertz CT molecular complexity index is 514. The van der Waals surface area contributed by atoms with Crippen molar-refractivity contribution in [1.82, 2.24) is 14.5 Å². The van der Waals surface area contributed by atoms with E-state index in [1.165, 1.54) is 14.2 Å². The number of aldehydes is 1. The van der Waals surface area contributed by atoms with Gasteiger partial charge < -0.3 is 9.47 Å². The molecule has 0 N–H and O–H groups in total. The molecule has 6 heteroatoms. The average Bonchev–Trinajstić information content (AvgIpc) is 2.86. The molecule has 17 heavy (non-hydrogen) atoms. The monoisotopic (exact) mass is 233 g/mol. The van der Waals surface area contributed by atoms with Crippen molar-refractivity contribution >= 4 is 6.29 Å². The number of carbonyl (C=O) groups excluding carboxylic acids is 1. The molecule has 0 aliphatic carbocycles. The zero-order valence-corrected chi connectivity index (χ0v) is 9.45. The molecular weight excluding hydrogens is 222 g/mol. The summed E-state index contributed by atoms with van der Waals surface area (Å²) in [4.78, 5) is 19.1. The van der Waals surface area contributed by atoms with Gasteiger partial charge in [-0.3, -0.25) is 9.36 Å². The number of rotatable bonds is 4. The molecule has 0 aliphatic rings. The average molecular weight is 233 g/mol. The molecular formula is C11H11N3O3. The minimum atomic E-state index is 0.327. The van der Waals surface area contributed by atoms with E-state index in [2.05, 4.69) is 9.97 Å². The Balaban J connectivity index is 2.54. The highest BCUT2D eigenvalue weighted by molar-refractivity contribution is 5.73. The predicted molar refractivity (Wildman–Crippen MR) is 59.9 cm³/mol. The molecule has 2 heterocycles. The van der Waals surface area contributed by atoms with E-state index >= 15 is 0 Å². The molecule has 0 spiro atoms. The minimum absolute atomic E-state index is 0.327. The number of hydrogen-bond acceptors (Lipinski definition) is 5. The predicted octanol–water partition coefficient (Wildman–Crippen LogP) is 1.10. The van der Waals surface area contributed by atoms with Crippen LogP contribution >= 0.6 is 0 Å². The van der Waals surface area contributed by atoms with Crippen molar-refractivity contribution in [2.45, 2.75) is 0 Å². The Kier molecular flexibility index (Phi) is 3.04. The van der Waals surface area contributed by atoms with Gasteiger partial charge in [0.05, 0.1) is 26.0 Å². The van der Waals surface area contributed by atoms with Crippen molar-refractivity contribution in [3.63, 3.8) is 0 Å². The van der Waals surface area contributed by atoms with E-state index in [1.807, 2.05) is 0 Å². The van der Waals surface area contributed by atoms with Crippen molar-refractivity contribution in [3.8, 4) is 17.7 Å². The molecule has 2 aromatic heterocycles. The van der Waals surface area contributed by atoms with Gasteiger partial charge in [0, 0.05) is 6.20 Å². The topological polar surface area (TPSA) is 66.2 Å². The van der Waals surface area contributed by atoms with Gasteiger partial charge >= 0.3 is 0 Å². The molecule has 0 radical (unpaired) electrons. The SMILES string of the molecule is COc1cc(OC)nc(-n2cccc2C=O)n1. The molecule has 0 bridgehead atoms. The van der Waals surface area contributed by atoms with Gasteiger partial charge in [-0.25, -0.2) is 0 Å². The number of carbonyl (C=O) groups is 1. The highest BCUT2D eigenvalue weighted by atomic mass is 16.5. The smallest absolute Gasteiger partial charge is 0.240 e. The number of aromatic nitrogens is 3. The Morgan fingerprint density at radius 1 is 1.24 bits per heavy atom. The summed E-state index contributed by atoms with van der Waals surface area (Å²) in [5, 5.41) is 0. The first-order valence-electron chi connectivity index (χ1n) is 4.88. The van der Waals surface area contributed by atoms with Crippen LogP contribution in [-0.4, -0.2) is 35.0 Å². The van der Waals surface area contributed by atoms with E-state index in [0.29, 0.717) is 23.4 Å². The maximum Gasteiger partial charge on any atom is 0.240 e. The van der Waals surface area contributed by atoms with Crippen LogP contribution in [0.25, 0.3) is 5.95 Å². The summed E-state index contributed by atoms with van der Waals surface area (Å²) in [6, 6.07) is 4.97. The third kappa shape index (κ3) is 2.10. The first-order valence-corrected chi connectivity index (χ1v) is 4.88. The van der Waals surface area contributed by atoms with Crippen LogP contribution in [0.4, 0.5) is 0 Å². The molecule has 2 rings (SSSR count). The molecule has 6 nitrogen and oxygen atoms in total. The molecule has 0 saturated carbocycles. The fourth-order valence-electron chi connectivity index (χ4n) is 1.38. The third-order valence-electron chi connectivity index (χ3n) is 2.20. The van der Waals surface area contributed by atoms with Gasteiger partial charge in [0.15, 0.2) is 6.29 Å². The first kappa shape index (κ1) is 11.1. The summed E-state index contributed by atoms with van der Waals surface area (Å²) in [5.41, 5.74) is 0.459. The molecule has 0 atom stereocenters. The molecule has 0 aromatic carbocycles. The zero-order chi connectivity index (χ0) is 12.3. The van der Waals surface area contributed by atoms with Crippen molar-refractivity contribution in [1.29, 1.82) is 0 Å². The fourth-order valence-corrected chi connectivity index (χ4v) is 1.38. The van der Waals surface area contributed by atoms with E-state index in [0.717, 1.165) is 6.29 Å². The van der Waals surface area contributed by atoms with Crippen LogP contribution in [-0.2, 0) is 0 Å². The highest BCUT2D eigenvalue weighted by Crippen LogP contribution is 2.17. The lowest BCUT2D eigenvalue weighted by atomic mass is 10.5. The van der Waals surface area contributed by atoms with Crippen LogP contribution in [0.5, 0.6) is 11.8 Å². The van der Waals surface area contributed by atoms with Gasteiger partial charge in [-0.2, -0.15) is 9.97 Å². The molecule has 0 fully saturated rings. The molecule has 2 aromatic rings. The van der Waals surface area contributed by atoms with Crippen LogP contribution in [0.3, 0.4) is 0 Å². The van der Waals surface area contributed by atoms with Gasteiger partial charge in [-0.1, -0.05) is 0 Å². The molecule has 0 unspecified atom stereocenters. The first-order chi connectivity index (χ1) is 8.28. The van der Waals surface area contributed by atoms with E-state index in [9.17, 15) is 4.79 Å². The van der Waals surface area contributed by atoms with Crippen LogP contribution in [0.2, 0.25) is 0 Å². The largest absolute Gasteiger partial charge is 0.481 e. The number of ether oxygens (including phenoxy) is 2. The van der Waals surface area contributed by atoms with Crippen LogP contribution in [0.15, 0.2) is 24.4 Å². The highest BCUT2D eigenvalue weighted by Gasteiger charge is 2.09. The van der Waals surface area contributed by atoms with Crippen LogP contribution in [0.1, 0.15) is 10.5 Å². The molecule has 0 saturated heterocycles. The Labute approximate surface area is 97.8 Å². The number of hydrogen-bond donors (Lipinski definition) is 0. The van der Waals surface area contributed by atoms with Crippen molar-refractivity contribution in [2.75, 3.05) is 14.2 Å². The van der Waals surface area contributed by atoms with Crippen LogP contribution < -0.4 is 9.47 Å². The molecule has 0 aliphatic heterocycles.